The van der Waals surface area contributed by atoms with E-state index in [0.29, 0.717) is 22.3 Å². The van der Waals surface area contributed by atoms with E-state index in [1.54, 1.807) is 36.4 Å². The molecular weight excluding hydrogens is 308 g/mol. The molecule has 0 bridgehead atoms. The van der Waals surface area contributed by atoms with Crippen molar-refractivity contribution in [2.75, 3.05) is 14.1 Å². The Labute approximate surface area is 137 Å². The van der Waals surface area contributed by atoms with Crippen LogP contribution in [0.25, 0.3) is 11.1 Å². The predicted molar refractivity (Wildman–Crippen MR) is 84.7 cm³/mol. The van der Waals surface area contributed by atoms with Crippen LogP contribution in [-0.4, -0.2) is 47.5 Å². The Bertz CT molecular complexity index is 897. The summed E-state index contributed by atoms with van der Waals surface area (Å²) in [6, 6.07) is 9.89. The molecular formula is C18H12N2O4. The summed E-state index contributed by atoms with van der Waals surface area (Å²) in [5.74, 6) is -1.56. The van der Waals surface area contributed by atoms with Gasteiger partial charge in [0.1, 0.15) is 0 Å². The number of carbonyl (C=O) groups is 4. The van der Waals surface area contributed by atoms with Gasteiger partial charge in [-0.1, -0.05) is 24.3 Å². The zero-order valence-corrected chi connectivity index (χ0v) is 13.0. The van der Waals surface area contributed by atoms with E-state index >= 15 is 0 Å². The third-order valence-electron chi connectivity index (χ3n) is 4.53. The van der Waals surface area contributed by atoms with E-state index < -0.39 is 11.8 Å². The van der Waals surface area contributed by atoms with Gasteiger partial charge in [0.05, 0.1) is 22.3 Å². The zero-order chi connectivity index (χ0) is 17.2. The van der Waals surface area contributed by atoms with Crippen molar-refractivity contribution in [2.24, 2.45) is 0 Å². The van der Waals surface area contributed by atoms with Crippen molar-refractivity contribution in [1.29, 1.82) is 0 Å². The lowest BCUT2D eigenvalue weighted by Crippen LogP contribution is -2.24. The van der Waals surface area contributed by atoms with Gasteiger partial charge in [-0.15, -0.1) is 0 Å². The zero-order valence-electron chi connectivity index (χ0n) is 13.0. The number of hydrogen-bond donors (Lipinski definition) is 0. The molecule has 0 saturated heterocycles. The minimum Gasteiger partial charge on any atom is -0.277 e. The summed E-state index contributed by atoms with van der Waals surface area (Å²) in [7, 11) is 2.85. The number of carbonyl (C=O) groups excluding carboxylic acids is 4. The molecule has 4 rings (SSSR count). The molecule has 2 aliphatic rings. The number of hydrogen-bond acceptors (Lipinski definition) is 4. The Morgan fingerprint density at radius 3 is 1.25 bits per heavy atom. The fraction of sp³-hybridized carbons (Fsp3) is 0.111. The molecule has 2 aromatic rings. The van der Waals surface area contributed by atoms with Gasteiger partial charge >= 0.3 is 0 Å². The molecule has 24 heavy (non-hydrogen) atoms. The minimum atomic E-state index is -0.409. The SMILES string of the molecule is CN1C(=O)c2cccc(-c3cccc4c3C(=O)N(C)C4=O)c2C1=O. The molecule has 2 heterocycles. The van der Waals surface area contributed by atoms with Crippen LogP contribution in [0.1, 0.15) is 41.4 Å². The van der Waals surface area contributed by atoms with Gasteiger partial charge < -0.3 is 0 Å². The largest absolute Gasteiger partial charge is 0.277 e. The van der Waals surface area contributed by atoms with Crippen molar-refractivity contribution in [3.63, 3.8) is 0 Å². The Morgan fingerprint density at radius 2 is 0.875 bits per heavy atom. The molecule has 4 amide bonds. The Morgan fingerprint density at radius 1 is 0.542 bits per heavy atom. The van der Waals surface area contributed by atoms with Crippen molar-refractivity contribution in [3.05, 3.63) is 58.7 Å². The van der Waals surface area contributed by atoms with Gasteiger partial charge in [0.2, 0.25) is 0 Å². The van der Waals surface area contributed by atoms with Crippen LogP contribution in [-0.2, 0) is 0 Å². The van der Waals surface area contributed by atoms with Crippen LogP contribution in [0.2, 0.25) is 0 Å². The molecule has 0 fully saturated rings. The average molecular weight is 320 g/mol. The third kappa shape index (κ3) is 1.59. The summed E-state index contributed by atoms with van der Waals surface area (Å²) in [6.07, 6.45) is 0. The maximum Gasteiger partial charge on any atom is 0.261 e. The predicted octanol–water partition coefficient (Wildman–Crippen LogP) is 1.81. The summed E-state index contributed by atoms with van der Waals surface area (Å²) in [4.78, 5) is 51.3. The van der Waals surface area contributed by atoms with E-state index in [9.17, 15) is 19.2 Å². The fourth-order valence-electron chi connectivity index (χ4n) is 3.25. The van der Waals surface area contributed by atoms with Gasteiger partial charge in [-0.25, -0.2) is 0 Å². The first-order valence-corrected chi connectivity index (χ1v) is 7.34. The van der Waals surface area contributed by atoms with Crippen molar-refractivity contribution >= 4 is 23.6 Å². The summed E-state index contributed by atoms with van der Waals surface area (Å²) in [5.41, 5.74) is 2.14. The lowest BCUT2D eigenvalue weighted by atomic mass is 9.91. The van der Waals surface area contributed by atoms with Crippen molar-refractivity contribution < 1.29 is 19.2 Å². The van der Waals surface area contributed by atoms with E-state index in [1.807, 2.05) is 0 Å². The summed E-state index contributed by atoms with van der Waals surface area (Å²) in [5, 5.41) is 0. The highest BCUT2D eigenvalue weighted by Gasteiger charge is 2.39. The molecule has 0 aromatic heterocycles. The van der Waals surface area contributed by atoms with Gasteiger partial charge in [-0.2, -0.15) is 0 Å². The first kappa shape index (κ1) is 14.3. The summed E-state index contributed by atoms with van der Waals surface area (Å²) in [6.45, 7) is 0. The van der Waals surface area contributed by atoms with Gasteiger partial charge in [-0.3, -0.25) is 29.0 Å². The number of rotatable bonds is 1. The molecule has 0 spiro atoms. The molecule has 0 atom stereocenters. The monoisotopic (exact) mass is 320 g/mol. The first-order valence-electron chi connectivity index (χ1n) is 7.34. The minimum absolute atomic E-state index is 0.271. The van der Waals surface area contributed by atoms with E-state index in [2.05, 4.69) is 0 Å². The lowest BCUT2D eigenvalue weighted by molar-refractivity contribution is 0.0677. The highest BCUT2D eigenvalue weighted by Crippen LogP contribution is 2.37. The van der Waals surface area contributed by atoms with Crippen LogP contribution in [0.15, 0.2) is 36.4 Å². The van der Waals surface area contributed by atoms with E-state index in [-0.39, 0.29) is 22.9 Å². The topological polar surface area (TPSA) is 74.8 Å². The van der Waals surface area contributed by atoms with Crippen LogP contribution in [0.4, 0.5) is 0 Å². The van der Waals surface area contributed by atoms with Crippen molar-refractivity contribution in [3.8, 4) is 11.1 Å². The first-order chi connectivity index (χ1) is 11.4. The van der Waals surface area contributed by atoms with Gasteiger partial charge in [0.25, 0.3) is 23.6 Å². The van der Waals surface area contributed by atoms with E-state index in [0.717, 1.165) is 9.80 Å². The van der Waals surface area contributed by atoms with E-state index in [1.165, 1.54) is 14.1 Å². The maximum absolute atomic E-state index is 12.5. The number of nitrogens with zero attached hydrogens (tertiary/aromatic N) is 2. The van der Waals surface area contributed by atoms with Crippen LogP contribution in [0, 0.1) is 0 Å². The average Bonchev–Trinajstić information content (AvgIpc) is 2.96. The number of amides is 4. The molecule has 6 heteroatoms. The number of imide groups is 2. The van der Waals surface area contributed by atoms with Crippen LogP contribution in [0.5, 0.6) is 0 Å². The van der Waals surface area contributed by atoms with Gasteiger partial charge in [0.15, 0.2) is 0 Å². The van der Waals surface area contributed by atoms with Crippen molar-refractivity contribution in [1.82, 2.24) is 9.80 Å². The maximum atomic E-state index is 12.5. The quantitative estimate of drug-likeness (QED) is 0.751. The van der Waals surface area contributed by atoms with Gasteiger partial charge in [-0.05, 0) is 23.3 Å². The second-order valence-corrected chi connectivity index (χ2v) is 5.79. The van der Waals surface area contributed by atoms with E-state index in [4.69, 9.17) is 0 Å². The Balaban J connectivity index is 2.03. The molecule has 118 valence electrons. The standard InChI is InChI=1S/C18H12N2O4/c1-19-15(21)11-7-3-5-9(13(11)17(19)23)10-6-4-8-12-14(10)18(24)20(2)16(12)22/h3-8H,1-2H3. The Kier molecular flexibility index (Phi) is 2.75. The third-order valence-corrected chi connectivity index (χ3v) is 4.53. The molecule has 0 unspecified atom stereocenters. The molecule has 0 radical (unpaired) electrons. The molecule has 2 aliphatic heterocycles. The van der Waals surface area contributed by atoms with Crippen LogP contribution >= 0.6 is 0 Å². The number of fused-ring (bicyclic) bond motifs is 2. The summed E-state index contributed by atoms with van der Waals surface area (Å²) >= 11 is 0. The molecule has 2 aromatic carbocycles. The van der Waals surface area contributed by atoms with Crippen molar-refractivity contribution in [2.45, 2.75) is 0 Å². The second kappa shape index (κ2) is 4.61. The van der Waals surface area contributed by atoms with Crippen LogP contribution < -0.4 is 0 Å². The lowest BCUT2D eigenvalue weighted by Gasteiger charge is -2.10. The highest BCUT2D eigenvalue weighted by atomic mass is 16.2. The molecule has 0 aliphatic carbocycles. The normalized spacial score (nSPS) is 16.1. The Hall–Kier alpha value is -3.28. The molecule has 6 nitrogen and oxygen atoms in total. The molecule has 0 N–H and O–H groups in total. The second-order valence-electron chi connectivity index (χ2n) is 5.79. The van der Waals surface area contributed by atoms with Crippen LogP contribution in [0.3, 0.4) is 0 Å². The highest BCUT2D eigenvalue weighted by molar-refractivity contribution is 6.27. The smallest absolute Gasteiger partial charge is 0.261 e. The number of benzene rings is 2. The molecule has 0 saturated carbocycles. The van der Waals surface area contributed by atoms with Gasteiger partial charge in [0, 0.05) is 14.1 Å². The fourth-order valence-corrected chi connectivity index (χ4v) is 3.25. The summed E-state index contributed by atoms with van der Waals surface area (Å²) < 4.78 is 0.